The maximum atomic E-state index is 14.0. The molecule has 21 heavy (non-hydrogen) atoms. The molecule has 1 fully saturated rings. The lowest BCUT2D eigenvalue weighted by atomic mass is 9.90. The van der Waals surface area contributed by atoms with E-state index < -0.39 is 0 Å². The molecule has 2 N–H and O–H groups in total. The summed E-state index contributed by atoms with van der Waals surface area (Å²) >= 11 is 2.02. The zero-order valence-corrected chi connectivity index (χ0v) is 14.2. The fraction of sp³-hybridized carbons (Fsp3) is 0.647. The molecule has 2 nitrogen and oxygen atoms in total. The minimum atomic E-state index is -0.177. The van der Waals surface area contributed by atoms with Gasteiger partial charge in [0.15, 0.2) is 0 Å². The van der Waals surface area contributed by atoms with Gasteiger partial charge in [-0.25, -0.2) is 4.39 Å². The fourth-order valence-electron chi connectivity index (χ4n) is 2.93. The number of hydrogen-bond donors (Lipinski definition) is 1. The Kier molecular flexibility index (Phi) is 5.33. The van der Waals surface area contributed by atoms with Crippen molar-refractivity contribution in [2.24, 2.45) is 5.73 Å². The highest BCUT2D eigenvalue weighted by molar-refractivity contribution is 8.00. The number of rotatable bonds is 4. The molecule has 0 bridgehead atoms. The molecule has 1 unspecified atom stereocenters. The monoisotopic (exact) mass is 310 g/mol. The average Bonchev–Trinajstić information content (AvgIpc) is 2.62. The Morgan fingerprint density at radius 3 is 2.71 bits per heavy atom. The SMILES string of the molecule is CC1(C)CCN(C(C)(CN)Cc2ccccc2F)CCS1. The summed E-state index contributed by atoms with van der Waals surface area (Å²) in [5.74, 6) is 0.988. The quantitative estimate of drug-likeness (QED) is 0.925. The molecule has 0 amide bonds. The Labute approximate surface area is 132 Å². The Morgan fingerprint density at radius 1 is 1.33 bits per heavy atom. The van der Waals surface area contributed by atoms with Crippen LogP contribution in [0.4, 0.5) is 4.39 Å². The molecule has 0 saturated carbocycles. The summed E-state index contributed by atoms with van der Waals surface area (Å²) in [6.07, 6.45) is 1.81. The van der Waals surface area contributed by atoms with Crippen LogP contribution in [0.1, 0.15) is 32.8 Å². The van der Waals surface area contributed by atoms with Crippen LogP contribution in [0.25, 0.3) is 0 Å². The molecule has 0 aromatic heterocycles. The molecule has 1 aliphatic rings. The van der Waals surface area contributed by atoms with E-state index in [4.69, 9.17) is 5.73 Å². The fourth-order valence-corrected chi connectivity index (χ4v) is 4.03. The Morgan fingerprint density at radius 2 is 2.05 bits per heavy atom. The highest BCUT2D eigenvalue weighted by atomic mass is 32.2. The lowest BCUT2D eigenvalue weighted by molar-refractivity contribution is 0.115. The number of benzene rings is 1. The van der Waals surface area contributed by atoms with Crippen molar-refractivity contribution in [2.75, 3.05) is 25.4 Å². The first-order valence-electron chi connectivity index (χ1n) is 7.69. The Bertz CT molecular complexity index is 478. The van der Waals surface area contributed by atoms with Crippen LogP contribution in [0.15, 0.2) is 24.3 Å². The minimum Gasteiger partial charge on any atom is -0.329 e. The Hall–Kier alpha value is -0.580. The van der Waals surface area contributed by atoms with Crippen LogP contribution in [0.3, 0.4) is 0 Å². The van der Waals surface area contributed by atoms with Crippen LogP contribution in [0, 0.1) is 5.82 Å². The number of hydrogen-bond acceptors (Lipinski definition) is 3. The van der Waals surface area contributed by atoms with Crippen molar-refractivity contribution < 1.29 is 4.39 Å². The van der Waals surface area contributed by atoms with Crippen LogP contribution in [0.2, 0.25) is 0 Å². The molecular formula is C17H27FN2S. The summed E-state index contributed by atoms with van der Waals surface area (Å²) in [6.45, 7) is 9.38. The van der Waals surface area contributed by atoms with Gasteiger partial charge in [0.1, 0.15) is 5.82 Å². The molecule has 1 saturated heterocycles. The largest absolute Gasteiger partial charge is 0.329 e. The van der Waals surface area contributed by atoms with E-state index in [9.17, 15) is 4.39 Å². The van der Waals surface area contributed by atoms with Crippen molar-refractivity contribution >= 4 is 11.8 Å². The molecular weight excluding hydrogens is 283 g/mol. The van der Waals surface area contributed by atoms with E-state index in [0.717, 1.165) is 30.8 Å². The molecule has 1 heterocycles. The average molecular weight is 310 g/mol. The van der Waals surface area contributed by atoms with E-state index in [1.807, 2.05) is 23.9 Å². The van der Waals surface area contributed by atoms with E-state index >= 15 is 0 Å². The van der Waals surface area contributed by atoms with Crippen molar-refractivity contribution in [3.05, 3.63) is 35.6 Å². The predicted molar refractivity (Wildman–Crippen MR) is 90.3 cm³/mol. The molecule has 4 heteroatoms. The molecule has 1 atom stereocenters. The summed E-state index contributed by atoms with van der Waals surface area (Å²) in [4.78, 5) is 2.46. The number of nitrogens with zero attached hydrogens (tertiary/aromatic N) is 1. The van der Waals surface area contributed by atoms with E-state index in [1.54, 1.807) is 6.07 Å². The van der Waals surface area contributed by atoms with Gasteiger partial charge >= 0.3 is 0 Å². The lowest BCUT2D eigenvalue weighted by Crippen LogP contribution is -2.54. The molecule has 0 radical (unpaired) electrons. The van der Waals surface area contributed by atoms with Crippen molar-refractivity contribution in [3.63, 3.8) is 0 Å². The summed E-state index contributed by atoms with van der Waals surface area (Å²) in [6, 6.07) is 7.05. The van der Waals surface area contributed by atoms with E-state index in [1.165, 1.54) is 6.07 Å². The van der Waals surface area contributed by atoms with E-state index in [0.29, 0.717) is 17.7 Å². The summed E-state index contributed by atoms with van der Waals surface area (Å²) in [5.41, 5.74) is 6.67. The van der Waals surface area contributed by atoms with Crippen LogP contribution in [0.5, 0.6) is 0 Å². The van der Waals surface area contributed by atoms with Gasteiger partial charge in [0.25, 0.3) is 0 Å². The first-order valence-corrected chi connectivity index (χ1v) is 8.67. The molecule has 1 aromatic carbocycles. The van der Waals surface area contributed by atoms with Gasteiger partial charge in [-0.15, -0.1) is 0 Å². The third-order valence-electron chi connectivity index (χ3n) is 4.57. The maximum absolute atomic E-state index is 14.0. The Balaban J connectivity index is 2.15. The van der Waals surface area contributed by atoms with Crippen molar-refractivity contribution in [3.8, 4) is 0 Å². The van der Waals surface area contributed by atoms with Crippen molar-refractivity contribution in [2.45, 2.75) is 43.9 Å². The van der Waals surface area contributed by atoms with Gasteiger partial charge in [0.05, 0.1) is 0 Å². The third kappa shape index (κ3) is 4.21. The highest BCUT2D eigenvalue weighted by Gasteiger charge is 2.34. The van der Waals surface area contributed by atoms with Crippen LogP contribution >= 0.6 is 11.8 Å². The summed E-state index contributed by atoms with van der Waals surface area (Å²) in [5, 5.41) is 0. The van der Waals surface area contributed by atoms with Crippen LogP contribution in [-0.4, -0.2) is 40.6 Å². The topological polar surface area (TPSA) is 29.3 Å². The number of nitrogens with two attached hydrogens (primary N) is 1. The number of halogens is 1. The highest BCUT2D eigenvalue weighted by Crippen LogP contribution is 2.33. The second-order valence-corrected chi connectivity index (χ2v) is 8.62. The third-order valence-corrected chi connectivity index (χ3v) is 5.94. The molecule has 1 aromatic rings. The molecule has 1 aliphatic heterocycles. The normalized spacial score (nSPS) is 22.5. The lowest BCUT2D eigenvalue weighted by Gasteiger charge is -2.40. The van der Waals surface area contributed by atoms with Crippen molar-refractivity contribution in [1.29, 1.82) is 0 Å². The van der Waals surface area contributed by atoms with E-state index in [2.05, 4.69) is 25.7 Å². The zero-order chi connectivity index (χ0) is 15.5. The van der Waals surface area contributed by atoms with Gasteiger partial charge in [0.2, 0.25) is 0 Å². The second-order valence-electron chi connectivity index (χ2n) is 6.81. The molecule has 0 spiro atoms. The first kappa shape index (κ1) is 16.8. The van der Waals surface area contributed by atoms with Gasteiger partial charge in [-0.3, -0.25) is 4.90 Å². The van der Waals surface area contributed by atoms with E-state index in [-0.39, 0.29) is 11.4 Å². The zero-order valence-electron chi connectivity index (χ0n) is 13.4. The summed E-state index contributed by atoms with van der Waals surface area (Å²) < 4.78 is 14.3. The van der Waals surface area contributed by atoms with Gasteiger partial charge in [-0.05, 0) is 31.4 Å². The smallest absolute Gasteiger partial charge is 0.126 e. The first-order chi connectivity index (χ1) is 9.86. The minimum absolute atomic E-state index is 0.123. The van der Waals surface area contributed by atoms with Gasteiger partial charge < -0.3 is 5.73 Å². The van der Waals surface area contributed by atoms with Gasteiger partial charge in [-0.2, -0.15) is 11.8 Å². The second kappa shape index (κ2) is 6.67. The van der Waals surface area contributed by atoms with Gasteiger partial charge in [0, 0.05) is 35.7 Å². The molecule has 2 rings (SSSR count). The van der Waals surface area contributed by atoms with Gasteiger partial charge in [-0.1, -0.05) is 32.0 Å². The molecule has 0 aliphatic carbocycles. The van der Waals surface area contributed by atoms with Crippen molar-refractivity contribution in [1.82, 2.24) is 4.90 Å². The summed E-state index contributed by atoms with van der Waals surface area (Å²) in [7, 11) is 0. The van der Waals surface area contributed by atoms with Crippen LogP contribution in [-0.2, 0) is 6.42 Å². The maximum Gasteiger partial charge on any atom is 0.126 e. The molecule has 118 valence electrons. The van der Waals surface area contributed by atoms with Crippen LogP contribution < -0.4 is 5.73 Å². The predicted octanol–water partition coefficient (Wildman–Crippen LogP) is 3.30. The standard InChI is InChI=1S/C17H27FN2S/c1-16(2)8-9-20(10-11-21-16)17(3,13-19)12-14-6-4-5-7-15(14)18/h4-7H,8-13,19H2,1-3H3. The number of thioether (sulfide) groups is 1.